The summed E-state index contributed by atoms with van der Waals surface area (Å²) in [5.41, 5.74) is 1.32. The molecule has 2 N–H and O–H groups in total. The predicted octanol–water partition coefficient (Wildman–Crippen LogP) is 2.80. The van der Waals surface area contributed by atoms with Gasteiger partial charge in [-0.05, 0) is 45.2 Å². The van der Waals surface area contributed by atoms with Crippen LogP contribution in [0.15, 0.2) is 24.3 Å². The zero-order chi connectivity index (χ0) is 16.4. The third-order valence-corrected chi connectivity index (χ3v) is 4.88. The van der Waals surface area contributed by atoms with Crippen LogP contribution >= 0.6 is 0 Å². The van der Waals surface area contributed by atoms with Crippen LogP contribution in [-0.4, -0.2) is 46.2 Å². The van der Waals surface area contributed by atoms with Gasteiger partial charge in [-0.25, -0.2) is 0 Å². The molecule has 0 radical (unpaired) electrons. The number of H-pyrrole nitrogens is 1. The molecule has 1 saturated heterocycles. The van der Waals surface area contributed by atoms with Crippen molar-refractivity contribution in [3.8, 4) is 0 Å². The van der Waals surface area contributed by atoms with Crippen molar-refractivity contribution in [2.24, 2.45) is 5.92 Å². The molecule has 5 heteroatoms. The SMILES string of the molecule is C[C@@H]1CCCN(C(C)(C)CNC(=O)c2n[nH]c3ccccc23)C1. The molecule has 2 aromatic rings. The van der Waals surface area contributed by atoms with Crippen molar-refractivity contribution in [3.63, 3.8) is 0 Å². The lowest BCUT2D eigenvalue weighted by Gasteiger charge is -2.43. The summed E-state index contributed by atoms with van der Waals surface area (Å²) in [5.74, 6) is 0.620. The average Bonchev–Trinajstić information content (AvgIpc) is 2.97. The van der Waals surface area contributed by atoms with Crippen LogP contribution in [0, 0.1) is 5.92 Å². The molecule has 1 aliphatic rings. The quantitative estimate of drug-likeness (QED) is 0.912. The van der Waals surface area contributed by atoms with Crippen molar-refractivity contribution < 1.29 is 4.79 Å². The minimum Gasteiger partial charge on any atom is -0.349 e. The number of aromatic nitrogens is 2. The lowest BCUT2D eigenvalue weighted by Crippen LogP contribution is -2.54. The molecule has 124 valence electrons. The van der Waals surface area contributed by atoms with Gasteiger partial charge in [0.15, 0.2) is 5.69 Å². The molecule has 1 atom stereocenters. The number of fused-ring (bicyclic) bond motifs is 1. The predicted molar refractivity (Wildman–Crippen MR) is 92.5 cm³/mol. The zero-order valence-electron chi connectivity index (χ0n) is 14.2. The van der Waals surface area contributed by atoms with E-state index in [1.165, 1.54) is 12.8 Å². The summed E-state index contributed by atoms with van der Waals surface area (Å²) >= 11 is 0. The van der Waals surface area contributed by atoms with Crippen LogP contribution in [0.2, 0.25) is 0 Å². The fourth-order valence-electron chi connectivity index (χ4n) is 3.37. The van der Waals surface area contributed by atoms with E-state index in [9.17, 15) is 4.79 Å². The van der Waals surface area contributed by atoms with E-state index in [2.05, 4.69) is 41.2 Å². The minimum atomic E-state index is -0.111. The molecule has 2 heterocycles. The Bertz CT molecular complexity index is 691. The number of likely N-dealkylation sites (tertiary alicyclic amines) is 1. The number of amides is 1. The second kappa shape index (κ2) is 6.32. The van der Waals surface area contributed by atoms with Gasteiger partial charge in [0.25, 0.3) is 5.91 Å². The highest BCUT2D eigenvalue weighted by atomic mass is 16.1. The Balaban J connectivity index is 1.66. The summed E-state index contributed by atoms with van der Waals surface area (Å²) in [5, 5.41) is 11.0. The molecule has 0 aliphatic carbocycles. The van der Waals surface area contributed by atoms with Gasteiger partial charge in [0.2, 0.25) is 0 Å². The first kappa shape index (κ1) is 16.0. The first-order valence-electron chi connectivity index (χ1n) is 8.44. The van der Waals surface area contributed by atoms with E-state index >= 15 is 0 Å². The largest absolute Gasteiger partial charge is 0.349 e. The normalized spacial score (nSPS) is 19.9. The summed E-state index contributed by atoms with van der Waals surface area (Å²) in [4.78, 5) is 15.0. The van der Waals surface area contributed by atoms with Crippen LogP contribution in [-0.2, 0) is 0 Å². The number of hydrogen-bond donors (Lipinski definition) is 2. The third kappa shape index (κ3) is 3.39. The first-order valence-corrected chi connectivity index (χ1v) is 8.44. The van der Waals surface area contributed by atoms with E-state index in [4.69, 9.17) is 0 Å². The van der Waals surface area contributed by atoms with Gasteiger partial charge < -0.3 is 5.32 Å². The van der Waals surface area contributed by atoms with E-state index in [1.54, 1.807) is 0 Å². The maximum Gasteiger partial charge on any atom is 0.272 e. The van der Waals surface area contributed by atoms with Crippen molar-refractivity contribution in [1.82, 2.24) is 20.4 Å². The number of piperidine rings is 1. The summed E-state index contributed by atoms with van der Waals surface area (Å²) in [6, 6.07) is 7.71. The lowest BCUT2D eigenvalue weighted by atomic mass is 9.93. The van der Waals surface area contributed by atoms with Crippen molar-refractivity contribution in [1.29, 1.82) is 0 Å². The van der Waals surface area contributed by atoms with E-state index in [-0.39, 0.29) is 11.4 Å². The highest BCUT2D eigenvalue weighted by Gasteiger charge is 2.30. The Morgan fingerprint density at radius 2 is 2.22 bits per heavy atom. The van der Waals surface area contributed by atoms with E-state index < -0.39 is 0 Å². The molecule has 1 amide bonds. The monoisotopic (exact) mass is 314 g/mol. The Kier molecular flexibility index (Phi) is 4.39. The third-order valence-electron chi connectivity index (χ3n) is 4.88. The number of carbonyl (C=O) groups is 1. The van der Waals surface area contributed by atoms with Gasteiger partial charge in [-0.2, -0.15) is 5.10 Å². The van der Waals surface area contributed by atoms with Gasteiger partial charge in [-0.15, -0.1) is 0 Å². The molecular formula is C18H26N4O. The topological polar surface area (TPSA) is 61.0 Å². The van der Waals surface area contributed by atoms with E-state index in [1.807, 2.05) is 24.3 Å². The van der Waals surface area contributed by atoms with Crippen LogP contribution in [0.25, 0.3) is 10.9 Å². The van der Waals surface area contributed by atoms with Crippen LogP contribution in [0.3, 0.4) is 0 Å². The van der Waals surface area contributed by atoms with Crippen molar-refractivity contribution in [3.05, 3.63) is 30.0 Å². The summed E-state index contributed by atoms with van der Waals surface area (Å²) < 4.78 is 0. The lowest BCUT2D eigenvalue weighted by molar-refractivity contribution is 0.0656. The molecular weight excluding hydrogens is 288 g/mol. The van der Waals surface area contributed by atoms with Crippen LogP contribution in [0.5, 0.6) is 0 Å². The summed E-state index contributed by atoms with van der Waals surface area (Å²) in [6.45, 7) is 9.55. The zero-order valence-corrected chi connectivity index (χ0v) is 14.2. The van der Waals surface area contributed by atoms with E-state index in [0.29, 0.717) is 12.2 Å². The first-order chi connectivity index (χ1) is 11.0. The van der Waals surface area contributed by atoms with Gasteiger partial charge in [-0.3, -0.25) is 14.8 Å². The van der Waals surface area contributed by atoms with Crippen molar-refractivity contribution in [2.75, 3.05) is 19.6 Å². The maximum absolute atomic E-state index is 12.5. The van der Waals surface area contributed by atoms with Crippen LogP contribution in [0.1, 0.15) is 44.1 Å². The molecule has 0 bridgehead atoms. The van der Waals surface area contributed by atoms with Crippen molar-refractivity contribution in [2.45, 2.75) is 39.2 Å². The molecule has 5 nitrogen and oxygen atoms in total. The molecule has 3 rings (SSSR count). The van der Waals surface area contributed by atoms with Gasteiger partial charge >= 0.3 is 0 Å². The number of benzene rings is 1. The second-order valence-electron chi connectivity index (χ2n) is 7.31. The summed E-state index contributed by atoms with van der Waals surface area (Å²) in [7, 11) is 0. The average molecular weight is 314 g/mol. The summed E-state index contributed by atoms with van der Waals surface area (Å²) in [6.07, 6.45) is 2.54. The molecule has 0 saturated carbocycles. The standard InChI is InChI=1S/C18H26N4O/c1-13-7-6-10-22(11-13)18(2,3)12-19-17(23)16-14-8-4-5-9-15(14)20-21-16/h4-5,8-9,13H,6-7,10-12H2,1-3H3,(H,19,23)(H,20,21)/t13-/m1/s1. The number of rotatable bonds is 4. The highest BCUT2D eigenvalue weighted by molar-refractivity contribution is 6.04. The number of para-hydroxylation sites is 1. The maximum atomic E-state index is 12.5. The fourth-order valence-corrected chi connectivity index (χ4v) is 3.37. The number of nitrogens with zero attached hydrogens (tertiary/aromatic N) is 2. The second-order valence-corrected chi connectivity index (χ2v) is 7.31. The highest BCUT2D eigenvalue weighted by Crippen LogP contribution is 2.23. The smallest absolute Gasteiger partial charge is 0.272 e. The number of hydrogen-bond acceptors (Lipinski definition) is 3. The van der Waals surface area contributed by atoms with Gasteiger partial charge in [0.1, 0.15) is 0 Å². The van der Waals surface area contributed by atoms with Gasteiger partial charge in [-0.1, -0.05) is 25.1 Å². The molecule has 0 unspecified atom stereocenters. The minimum absolute atomic E-state index is 0.0452. The molecule has 1 fully saturated rings. The van der Waals surface area contributed by atoms with Gasteiger partial charge in [0, 0.05) is 24.0 Å². The molecule has 23 heavy (non-hydrogen) atoms. The molecule has 1 aromatic carbocycles. The molecule has 0 spiro atoms. The molecule has 1 aliphatic heterocycles. The van der Waals surface area contributed by atoms with Crippen molar-refractivity contribution >= 4 is 16.8 Å². The number of carbonyl (C=O) groups excluding carboxylic acids is 1. The molecule has 1 aromatic heterocycles. The van der Waals surface area contributed by atoms with E-state index in [0.717, 1.165) is 29.9 Å². The fraction of sp³-hybridized carbons (Fsp3) is 0.556. The number of nitrogens with one attached hydrogen (secondary N) is 2. The van der Waals surface area contributed by atoms with Gasteiger partial charge in [0.05, 0.1) is 5.52 Å². The van der Waals surface area contributed by atoms with Crippen LogP contribution in [0.4, 0.5) is 0 Å². The Morgan fingerprint density at radius 1 is 1.43 bits per heavy atom. The Labute approximate surface area is 137 Å². The number of aromatic amines is 1. The Morgan fingerprint density at radius 3 is 3.00 bits per heavy atom. The van der Waals surface area contributed by atoms with Crippen LogP contribution < -0.4 is 5.32 Å². The Hall–Kier alpha value is -1.88.